The van der Waals surface area contributed by atoms with Crippen molar-refractivity contribution in [3.05, 3.63) is 107 Å². The number of rotatable bonds is 6. The topological polar surface area (TPSA) is 67.9 Å². The van der Waals surface area contributed by atoms with Gasteiger partial charge in [-0.05, 0) is 58.3 Å². The van der Waals surface area contributed by atoms with E-state index in [9.17, 15) is 9.59 Å². The first-order valence-electron chi connectivity index (χ1n) is 10.9. The number of hydrogen-bond acceptors (Lipinski definition) is 4. The first-order valence-corrected chi connectivity index (χ1v) is 11.3. The Balaban J connectivity index is 1.36. The Morgan fingerprint density at radius 2 is 1.71 bits per heavy atom. The van der Waals surface area contributed by atoms with Crippen LogP contribution in [0.5, 0.6) is 11.5 Å². The number of benzene rings is 4. The minimum atomic E-state index is -0.537. The Hall–Kier alpha value is -4.29. The molecule has 1 fully saturated rings. The maximum Gasteiger partial charge on any atom is 0.333 e. The Bertz CT molecular complexity index is 1480. The summed E-state index contributed by atoms with van der Waals surface area (Å²) in [5.41, 5.74) is 2.30. The van der Waals surface area contributed by atoms with Crippen LogP contribution >= 0.6 is 11.6 Å². The maximum absolute atomic E-state index is 12.9. The summed E-state index contributed by atoms with van der Waals surface area (Å²) in [4.78, 5) is 26.4. The fraction of sp³-hybridized carbons (Fsp3) is 0.0714. The Morgan fingerprint density at radius 1 is 0.914 bits per heavy atom. The van der Waals surface area contributed by atoms with Crippen molar-refractivity contribution >= 4 is 46.1 Å². The van der Waals surface area contributed by atoms with Crippen molar-refractivity contribution < 1.29 is 19.1 Å². The summed E-state index contributed by atoms with van der Waals surface area (Å²) in [6, 6.07) is 25.6. The van der Waals surface area contributed by atoms with Crippen LogP contribution in [0.15, 0.2) is 90.6 Å². The van der Waals surface area contributed by atoms with Crippen LogP contribution in [-0.4, -0.2) is 19.0 Å². The average Bonchev–Trinajstić information content (AvgIpc) is 3.15. The fourth-order valence-electron chi connectivity index (χ4n) is 4.02. The lowest BCUT2D eigenvalue weighted by Crippen LogP contribution is -2.30. The second-order valence-corrected chi connectivity index (χ2v) is 8.38. The Morgan fingerprint density at radius 3 is 2.54 bits per heavy atom. The van der Waals surface area contributed by atoms with Gasteiger partial charge in [0.2, 0.25) is 0 Å². The largest absolute Gasteiger partial charge is 0.493 e. The number of imide groups is 1. The molecule has 6 nitrogen and oxygen atoms in total. The van der Waals surface area contributed by atoms with E-state index in [2.05, 4.69) is 23.5 Å². The normalized spacial score (nSPS) is 14.5. The molecular weight excluding hydrogens is 464 g/mol. The van der Waals surface area contributed by atoms with Crippen molar-refractivity contribution in [3.8, 4) is 11.5 Å². The van der Waals surface area contributed by atoms with E-state index in [4.69, 9.17) is 21.1 Å². The number of carbonyl (C=O) groups excluding carboxylic acids is 2. The lowest BCUT2D eigenvalue weighted by Gasteiger charge is -2.13. The van der Waals surface area contributed by atoms with Crippen molar-refractivity contribution in [1.29, 1.82) is 0 Å². The van der Waals surface area contributed by atoms with Gasteiger partial charge in [-0.3, -0.25) is 4.79 Å². The van der Waals surface area contributed by atoms with E-state index in [-0.39, 0.29) is 5.70 Å². The van der Waals surface area contributed by atoms with Crippen molar-refractivity contribution in [1.82, 2.24) is 5.32 Å². The zero-order chi connectivity index (χ0) is 24.4. The van der Waals surface area contributed by atoms with Crippen LogP contribution < -0.4 is 19.7 Å². The molecule has 0 atom stereocenters. The number of hydrogen-bond donors (Lipinski definition) is 1. The summed E-state index contributed by atoms with van der Waals surface area (Å²) in [6.07, 6.45) is 1.60. The van der Waals surface area contributed by atoms with Crippen LogP contribution in [0.2, 0.25) is 5.02 Å². The fourth-order valence-corrected chi connectivity index (χ4v) is 4.20. The van der Waals surface area contributed by atoms with Crippen LogP contribution in [0.3, 0.4) is 0 Å². The third kappa shape index (κ3) is 4.56. The molecule has 0 unspecified atom stereocenters. The highest BCUT2D eigenvalue weighted by Gasteiger charge is 2.35. The van der Waals surface area contributed by atoms with E-state index in [1.54, 1.807) is 55.7 Å². The SMILES string of the molecule is COc1cc(/C=C2/NC(=O)N(c3cccc(Cl)c3)C2=O)ccc1OCc1cccc2ccccc12. The molecule has 7 heteroatoms. The van der Waals surface area contributed by atoms with Gasteiger partial charge in [0.1, 0.15) is 12.3 Å². The average molecular weight is 485 g/mol. The van der Waals surface area contributed by atoms with E-state index >= 15 is 0 Å². The summed E-state index contributed by atoms with van der Waals surface area (Å²) < 4.78 is 11.6. The van der Waals surface area contributed by atoms with Gasteiger partial charge in [0.25, 0.3) is 5.91 Å². The molecule has 4 aromatic rings. The minimum Gasteiger partial charge on any atom is -0.493 e. The number of ether oxygens (including phenoxy) is 2. The minimum absolute atomic E-state index is 0.154. The monoisotopic (exact) mass is 484 g/mol. The lowest BCUT2D eigenvalue weighted by atomic mass is 10.1. The highest BCUT2D eigenvalue weighted by molar-refractivity contribution is 6.32. The number of amides is 3. The second-order valence-electron chi connectivity index (χ2n) is 7.95. The molecule has 0 spiro atoms. The van der Waals surface area contributed by atoms with Gasteiger partial charge in [-0.25, -0.2) is 9.69 Å². The maximum atomic E-state index is 12.9. The van der Waals surface area contributed by atoms with Gasteiger partial charge in [0.15, 0.2) is 11.5 Å². The molecule has 1 N–H and O–H groups in total. The molecule has 174 valence electrons. The van der Waals surface area contributed by atoms with Gasteiger partial charge >= 0.3 is 6.03 Å². The van der Waals surface area contributed by atoms with E-state index in [0.717, 1.165) is 21.2 Å². The Labute approximate surface area is 207 Å². The smallest absolute Gasteiger partial charge is 0.333 e. The number of anilines is 1. The van der Waals surface area contributed by atoms with Gasteiger partial charge in [-0.2, -0.15) is 0 Å². The lowest BCUT2D eigenvalue weighted by molar-refractivity contribution is -0.113. The van der Waals surface area contributed by atoms with Crippen LogP contribution in [-0.2, 0) is 11.4 Å². The van der Waals surface area contributed by atoms with Crippen molar-refractivity contribution in [3.63, 3.8) is 0 Å². The highest BCUT2D eigenvalue weighted by atomic mass is 35.5. The van der Waals surface area contributed by atoms with Crippen LogP contribution in [0, 0.1) is 0 Å². The third-order valence-electron chi connectivity index (χ3n) is 5.71. The molecule has 5 rings (SSSR count). The van der Waals surface area contributed by atoms with Gasteiger partial charge in [0, 0.05) is 5.02 Å². The van der Waals surface area contributed by atoms with E-state index < -0.39 is 11.9 Å². The summed E-state index contributed by atoms with van der Waals surface area (Å²) in [5.74, 6) is 0.625. The molecule has 0 saturated carbocycles. The number of fused-ring (bicyclic) bond motifs is 1. The van der Waals surface area contributed by atoms with Gasteiger partial charge in [0.05, 0.1) is 12.8 Å². The van der Waals surface area contributed by atoms with Crippen molar-refractivity contribution in [2.24, 2.45) is 0 Å². The zero-order valence-electron chi connectivity index (χ0n) is 18.8. The van der Waals surface area contributed by atoms with Crippen LogP contribution in [0.1, 0.15) is 11.1 Å². The van der Waals surface area contributed by atoms with E-state index in [0.29, 0.717) is 34.4 Å². The number of urea groups is 1. The molecule has 35 heavy (non-hydrogen) atoms. The summed E-state index contributed by atoms with van der Waals surface area (Å²) >= 11 is 6.02. The predicted molar refractivity (Wildman–Crippen MR) is 137 cm³/mol. The van der Waals surface area contributed by atoms with Crippen molar-refractivity contribution in [2.75, 3.05) is 12.0 Å². The number of carbonyl (C=O) groups is 2. The molecule has 4 aromatic carbocycles. The second kappa shape index (κ2) is 9.52. The summed E-state index contributed by atoms with van der Waals surface area (Å²) in [7, 11) is 1.56. The number of nitrogens with one attached hydrogen (secondary N) is 1. The van der Waals surface area contributed by atoms with Gasteiger partial charge < -0.3 is 14.8 Å². The van der Waals surface area contributed by atoms with Gasteiger partial charge in [-0.15, -0.1) is 0 Å². The molecular formula is C28H21ClN2O4. The number of halogens is 1. The molecule has 0 radical (unpaired) electrons. The zero-order valence-corrected chi connectivity index (χ0v) is 19.6. The number of methoxy groups -OCH3 is 1. The molecule has 0 aromatic heterocycles. The molecule has 0 aliphatic carbocycles. The first kappa shape index (κ1) is 22.5. The van der Waals surface area contributed by atoms with Crippen LogP contribution in [0.25, 0.3) is 16.8 Å². The van der Waals surface area contributed by atoms with Gasteiger partial charge in [-0.1, -0.05) is 66.2 Å². The quantitative estimate of drug-likeness (QED) is 0.262. The third-order valence-corrected chi connectivity index (χ3v) is 5.94. The summed E-state index contributed by atoms with van der Waals surface area (Å²) in [6.45, 7) is 0.376. The molecule has 0 bridgehead atoms. The molecule has 1 saturated heterocycles. The van der Waals surface area contributed by atoms with Crippen molar-refractivity contribution in [2.45, 2.75) is 6.61 Å². The summed E-state index contributed by atoms with van der Waals surface area (Å²) in [5, 5.41) is 5.34. The van der Waals surface area contributed by atoms with E-state index in [1.807, 2.05) is 24.3 Å². The molecule has 1 aliphatic heterocycles. The molecule has 1 heterocycles. The molecule has 1 aliphatic rings. The molecule has 3 amide bonds. The van der Waals surface area contributed by atoms with E-state index in [1.165, 1.54) is 0 Å². The predicted octanol–water partition coefficient (Wildman–Crippen LogP) is 6.18. The number of nitrogens with zero attached hydrogens (tertiary/aromatic N) is 1. The Kier molecular flexibility index (Phi) is 6.12. The first-order chi connectivity index (χ1) is 17.0. The highest BCUT2D eigenvalue weighted by Crippen LogP contribution is 2.31. The van der Waals surface area contributed by atoms with Crippen LogP contribution in [0.4, 0.5) is 10.5 Å². The standard InChI is InChI=1S/C28H21ClN2O4/c1-34-26-15-18(14-24-27(32)31(28(33)30-24)22-10-5-9-21(29)16-22)12-13-25(26)35-17-20-8-4-7-19-6-2-3-11-23(19)20/h2-16H,17H2,1H3,(H,30,33)/b24-14+.